The molecule has 0 aliphatic carbocycles. The molecule has 0 saturated heterocycles. The quantitative estimate of drug-likeness (QED) is 0.554. The molecule has 6 heteroatoms. The van der Waals surface area contributed by atoms with Crippen LogP contribution in [-0.4, -0.2) is 23.1 Å². The number of esters is 1. The molecular weight excluding hydrogens is 244 g/mol. The summed E-state index contributed by atoms with van der Waals surface area (Å²) in [5, 5.41) is 3.06. The third-order valence-electron chi connectivity index (χ3n) is 2.21. The summed E-state index contributed by atoms with van der Waals surface area (Å²) in [6.07, 6.45) is 2.55. The Morgan fingerprint density at radius 3 is 2.68 bits per heavy atom. The minimum absolute atomic E-state index is 0.201. The second kappa shape index (κ2) is 6.26. The van der Waals surface area contributed by atoms with Crippen molar-refractivity contribution in [3.8, 4) is 0 Å². The van der Waals surface area contributed by atoms with Gasteiger partial charge >= 0.3 is 5.97 Å². The van der Waals surface area contributed by atoms with Crippen LogP contribution in [0.5, 0.6) is 0 Å². The first-order valence-electron chi connectivity index (χ1n) is 6.24. The minimum atomic E-state index is -0.437. The molecule has 19 heavy (non-hydrogen) atoms. The Labute approximate surface area is 113 Å². The zero-order valence-corrected chi connectivity index (χ0v) is 11.7. The highest BCUT2D eigenvalue weighted by Crippen LogP contribution is 2.17. The van der Waals surface area contributed by atoms with E-state index in [2.05, 4.69) is 10.3 Å². The molecule has 6 nitrogen and oxygen atoms in total. The fourth-order valence-corrected chi connectivity index (χ4v) is 1.48. The number of nitrogens with two attached hydrogens (primary N) is 2. The number of nitrogens with zero attached hydrogens (tertiary/aromatic N) is 1. The maximum absolute atomic E-state index is 11.5. The normalized spacial score (nSPS) is 11.1. The van der Waals surface area contributed by atoms with Gasteiger partial charge in [0.1, 0.15) is 11.4 Å². The average Bonchev–Trinajstić information content (AvgIpc) is 2.24. The Morgan fingerprint density at radius 1 is 1.42 bits per heavy atom. The van der Waals surface area contributed by atoms with Crippen LogP contribution in [0, 0.1) is 0 Å². The number of anilines is 3. The van der Waals surface area contributed by atoms with Gasteiger partial charge in [-0.25, -0.2) is 4.98 Å². The number of hydrogen-bond donors (Lipinski definition) is 3. The van der Waals surface area contributed by atoms with Gasteiger partial charge in [-0.3, -0.25) is 4.79 Å². The predicted octanol–water partition coefficient (Wildman–Crippen LogP) is 1.78. The van der Waals surface area contributed by atoms with Crippen LogP contribution in [0.3, 0.4) is 0 Å². The number of carbonyl (C=O) groups excluding carboxylic acids is 1. The molecule has 0 spiro atoms. The first-order chi connectivity index (χ1) is 8.78. The SMILES string of the molecule is CC(C)(C)OC(=O)CCCNc1ncc(N)cc1N. The van der Waals surface area contributed by atoms with Crippen LogP contribution in [-0.2, 0) is 9.53 Å². The zero-order valence-electron chi connectivity index (χ0n) is 11.7. The van der Waals surface area contributed by atoms with Crippen molar-refractivity contribution >= 4 is 23.2 Å². The first-order valence-corrected chi connectivity index (χ1v) is 6.24. The van der Waals surface area contributed by atoms with Gasteiger partial charge in [0.25, 0.3) is 0 Å². The lowest BCUT2D eigenvalue weighted by Crippen LogP contribution is -2.24. The second-order valence-electron chi connectivity index (χ2n) is 5.32. The van der Waals surface area contributed by atoms with E-state index < -0.39 is 5.60 Å². The van der Waals surface area contributed by atoms with Crippen molar-refractivity contribution < 1.29 is 9.53 Å². The maximum atomic E-state index is 11.5. The van der Waals surface area contributed by atoms with Crippen molar-refractivity contribution in [2.45, 2.75) is 39.2 Å². The van der Waals surface area contributed by atoms with Gasteiger partial charge in [-0.15, -0.1) is 0 Å². The van der Waals surface area contributed by atoms with E-state index in [1.165, 1.54) is 6.20 Å². The lowest BCUT2D eigenvalue weighted by molar-refractivity contribution is -0.154. The van der Waals surface area contributed by atoms with Crippen LogP contribution in [0.2, 0.25) is 0 Å². The van der Waals surface area contributed by atoms with Gasteiger partial charge in [-0.1, -0.05) is 0 Å². The Balaban J connectivity index is 2.29. The van der Waals surface area contributed by atoms with Crippen molar-refractivity contribution in [1.29, 1.82) is 0 Å². The van der Waals surface area contributed by atoms with Gasteiger partial charge in [-0.2, -0.15) is 0 Å². The molecule has 0 amide bonds. The van der Waals surface area contributed by atoms with E-state index in [4.69, 9.17) is 16.2 Å². The van der Waals surface area contributed by atoms with Crippen LogP contribution in [0.4, 0.5) is 17.2 Å². The molecule has 1 aromatic rings. The summed E-state index contributed by atoms with van der Waals surface area (Å²) >= 11 is 0. The number of pyridine rings is 1. The number of ether oxygens (including phenoxy) is 1. The number of nitrogens with one attached hydrogen (secondary N) is 1. The van der Waals surface area contributed by atoms with Gasteiger partial charge in [0.05, 0.1) is 17.6 Å². The first kappa shape index (κ1) is 15.1. The van der Waals surface area contributed by atoms with Gasteiger partial charge in [0.2, 0.25) is 0 Å². The topological polar surface area (TPSA) is 103 Å². The van der Waals surface area contributed by atoms with Crippen LogP contribution in [0.25, 0.3) is 0 Å². The molecule has 1 aromatic heterocycles. The summed E-state index contributed by atoms with van der Waals surface area (Å²) in [4.78, 5) is 15.6. The standard InChI is InChI=1S/C13H22N4O2/c1-13(2,3)19-11(18)5-4-6-16-12-10(15)7-9(14)8-17-12/h7-8H,4-6,14-15H2,1-3H3,(H,16,17). The van der Waals surface area contributed by atoms with E-state index in [0.29, 0.717) is 36.6 Å². The fourth-order valence-electron chi connectivity index (χ4n) is 1.48. The molecule has 1 rings (SSSR count). The second-order valence-corrected chi connectivity index (χ2v) is 5.32. The molecule has 106 valence electrons. The average molecular weight is 266 g/mol. The summed E-state index contributed by atoms with van der Waals surface area (Å²) < 4.78 is 5.21. The number of nitrogen functional groups attached to an aromatic ring is 2. The number of hydrogen-bond acceptors (Lipinski definition) is 6. The number of carbonyl (C=O) groups is 1. The zero-order chi connectivity index (χ0) is 14.5. The summed E-state index contributed by atoms with van der Waals surface area (Å²) in [5.74, 6) is 0.380. The van der Waals surface area contributed by atoms with Crippen LogP contribution < -0.4 is 16.8 Å². The Hall–Kier alpha value is -1.98. The number of aromatic nitrogens is 1. The molecule has 5 N–H and O–H groups in total. The van der Waals surface area contributed by atoms with Crippen molar-refractivity contribution in [3.63, 3.8) is 0 Å². The van der Waals surface area contributed by atoms with Crippen LogP contribution >= 0.6 is 0 Å². The van der Waals surface area contributed by atoms with Crippen molar-refractivity contribution in [1.82, 2.24) is 4.98 Å². The van der Waals surface area contributed by atoms with Gasteiger partial charge in [0, 0.05) is 13.0 Å². The van der Waals surface area contributed by atoms with E-state index in [-0.39, 0.29) is 5.97 Å². The van der Waals surface area contributed by atoms with Crippen LogP contribution in [0.1, 0.15) is 33.6 Å². The molecule has 1 heterocycles. The third-order valence-corrected chi connectivity index (χ3v) is 2.21. The minimum Gasteiger partial charge on any atom is -0.460 e. The molecule has 0 radical (unpaired) electrons. The smallest absolute Gasteiger partial charge is 0.306 e. The van der Waals surface area contributed by atoms with Crippen LogP contribution in [0.15, 0.2) is 12.3 Å². The Bertz CT molecular complexity index is 441. The highest BCUT2D eigenvalue weighted by molar-refractivity contribution is 5.70. The molecule has 0 aliphatic heterocycles. The highest BCUT2D eigenvalue weighted by Gasteiger charge is 2.15. The Kier molecular flexibility index (Phi) is 4.97. The third kappa shape index (κ3) is 5.94. The lowest BCUT2D eigenvalue weighted by Gasteiger charge is -2.19. The molecule has 0 unspecified atom stereocenters. The molecule has 0 aliphatic rings. The van der Waals surface area contributed by atoms with Gasteiger partial charge in [-0.05, 0) is 33.3 Å². The molecule has 0 fully saturated rings. The largest absolute Gasteiger partial charge is 0.460 e. The van der Waals surface area contributed by atoms with Gasteiger partial charge in [0.15, 0.2) is 0 Å². The summed E-state index contributed by atoms with van der Waals surface area (Å²) in [5.41, 5.74) is 11.9. The van der Waals surface area contributed by atoms with Crippen molar-refractivity contribution in [2.75, 3.05) is 23.3 Å². The summed E-state index contributed by atoms with van der Waals surface area (Å²) in [7, 11) is 0. The van der Waals surface area contributed by atoms with E-state index in [1.54, 1.807) is 6.07 Å². The fraction of sp³-hybridized carbons (Fsp3) is 0.538. The van der Waals surface area contributed by atoms with E-state index in [9.17, 15) is 4.79 Å². The molecule has 0 atom stereocenters. The van der Waals surface area contributed by atoms with E-state index in [0.717, 1.165) is 0 Å². The van der Waals surface area contributed by atoms with E-state index >= 15 is 0 Å². The summed E-state index contributed by atoms with van der Waals surface area (Å²) in [6.45, 7) is 6.15. The highest BCUT2D eigenvalue weighted by atomic mass is 16.6. The Morgan fingerprint density at radius 2 is 2.11 bits per heavy atom. The van der Waals surface area contributed by atoms with Crippen molar-refractivity contribution in [3.05, 3.63) is 12.3 Å². The molecule has 0 saturated carbocycles. The lowest BCUT2D eigenvalue weighted by atomic mass is 10.2. The van der Waals surface area contributed by atoms with Gasteiger partial charge < -0.3 is 21.5 Å². The number of rotatable bonds is 5. The molecule has 0 bridgehead atoms. The monoisotopic (exact) mass is 266 g/mol. The predicted molar refractivity (Wildman–Crippen MR) is 76.6 cm³/mol. The van der Waals surface area contributed by atoms with Crippen molar-refractivity contribution in [2.24, 2.45) is 0 Å². The summed E-state index contributed by atoms with van der Waals surface area (Å²) in [6, 6.07) is 1.64. The molecule has 0 aromatic carbocycles. The maximum Gasteiger partial charge on any atom is 0.306 e. The molecular formula is C13H22N4O2. The van der Waals surface area contributed by atoms with E-state index in [1.807, 2.05) is 20.8 Å².